The number of nitrogens with one attached hydrogen (secondary N) is 7. The zero-order valence-electron chi connectivity index (χ0n) is 69.2. The summed E-state index contributed by atoms with van der Waals surface area (Å²) in [5, 5.41) is 19.6. The molecule has 0 radical (unpaired) electrons. The second kappa shape index (κ2) is 55.1. The predicted octanol–water partition coefficient (Wildman–Crippen LogP) is 14.6. The lowest BCUT2D eigenvalue weighted by Crippen LogP contribution is -2.53. The summed E-state index contributed by atoms with van der Waals surface area (Å²) in [6, 6.07) is 7.18. The Hall–Kier alpha value is -6.55. The van der Waals surface area contributed by atoms with E-state index in [2.05, 4.69) is 57.1 Å². The summed E-state index contributed by atoms with van der Waals surface area (Å²) in [7, 11) is -7.73. The molecule has 0 saturated carbocycles. The molecule has 1 aliphatic heterocycles. The second-order valence-electron chi connectivity index (χ2n) is 30.9. The number of nitrogens with zero attached hydrogens (tertiary/aromatic N) is 1. The van der Waals surface area contributed by atoms with Crippen molar-refractivity contribution in [2.45, 2.75) is 341 Å². The number of fused-ring (bicyclic) bond motifs is 1. The van der Waals surface area contributed by atoms with Gasteiger partial charge in [0.25, 0.3) is 16.8 Å². The summed E-state index contributed by atoms with van der Waals surface area (Å²) in [6.07, 6.45) is 37.6. The van der Waals surface area contributed by atoms with Crippen LogP contribution in [0.1, 0.15) is 308 Å². The SMILES string of the molecule is CCCCCCCCCCCCCCCCCC(=O)OCC(COP(=O)(O)OCCNC(=O)C(C)(C)OC(C)(C)Nc1c(NCCNC(=O)CCCOc2cc(C)c(S(=O)(=O)CNC(NC(=O)CCCCc3ccc4c(n3)NCCC4)C(=O)OC)c(C)c2)c(=O)c1=O)OC(=O)CCCCCCCCCCCCCCCCC. The van der Waals surface area contributed by atoms with E-state index >= 15 is 0 Å². The van der Waals surface area contributed by atoms with Crippen LogP contribution in [0.2, 0.25) is 0 Å². The van der Waals surface area contributed by atoms with Crippen molar-refractivity contribution in [3.8, 4) is 5.75 Å². The zero-order valence-corrected chi connectivity index (χ0v) is 70.9. The Kier molecular flexibility index (Phi) is 48.1. The van der Waals surface area contributed by atoms with Crippen molar-refractivity contribution in [3.05, 3.63) is 67.1 Å². The van der Waals surface area contributed by atoms with Gasteiger partial charge in [-0.15, -0.1) is 0 Å². The van der Waals surface area contributed by atoms with E-state index in [0.29, 0.717) is 49.0 Å². The maximum absolute atomic E-state index is 13.7. The Morgan fingerprint density at radius 3 is 1.71 bits per heavy atom. The van der Waals surface area contributed by atoms with E-state index in [-0.39, 0.29) is 87.1 Å². The lowest BCUT2D eigenvalue weighted by molar-refractivity contribution is -0.161. The minimum Gasteiger partial charge on any atom is -0.494 e. The highest BCUT2D eigenvalue weighted by atomic mass is 32.2. The molecule has 1 aromatic heterocycles. The Labute approximate surface area is 667 Å². The van der Waals surface area contributed by atoms with Crippen LogP contribution in [0.3, 0.4) is 0 Å². The molecule has 0 aliphatic carbocycles. The molecule has 0 saturated heterocycles. The van der Waals surface area contributed by atoms with Crippen LogP contribution >= 0.6 is 7.82 Å². The Morgan fingerprint density at radius 1 is 0.616 bits per heavy atom. The van der Waals surface area contributed by atoms with E-state index in [9.17, 15) is 56.2 Å². The topological polar surface area (TPSA) is 370 Å². The Balaban J connectivity index is 1.14. The summed E-state index contributed by atoms with van der Waals surface area (Å²) in [4.78, 5) is 119. The van der Waals surface area contributed by atoms with Gasteiger partial charge < -0.3 is 60.5 Å². The van der Waals surface area contributed by atoms with Crippen molar-refractivity contribution in [3.63, 3.8) is 0 Å². The number of esters is 3. The number of ether oxygens (including phenoxy) is 5. The first kappa shape index (κ1) is 97.8. The Bertz CT molecular complexity index is 3490. The molecule has 2 aromatic carbocycles. The zero-order chi connectivity index (χ0) is 82.1. The number of carbonyl (C=O) groups is 6. The van der Waals surface area contributed by atoms with E-state index in [0.717, 1.165) is 83.0 Å². The summed E-state index contributed by atoms with van der Waals surface area (Å²) in [5.41, 5.74) is -1.93. The third-order valence-corrected chi connectivity index (χ3v) is 22.5. The highest BCUT2D eigenvalue weighted by Crippen LogP contribution is 2.43. The number of aromatic nitrogens is 1. The molecule has 3 atom stereocenters. The molecular weight excluding hydrogens is 1480 g/mol. The molecule has 4 rings (SSSR count). The normalized spacial score (nSPS) is 13.4. The van der Waals surface area contributed by atoms with Gasteiger partial charge in [0.15, 0.2) is 22.1 Å². The van der Waals surface area contributed by atoms with E-state index < -0.39 is 101 Å². The quantitative estimate of drug-likeness (QED) is 0.00650. The number of aryl methyl sites for hydroxylation is 4. The molecule has 0 spiro atoms. The number of hydrogen-bond donors (Lipinski definition) is 8. The number of pyridine rings is 1. The summed E-state index contributed by atoms with van der Waals surface area (Å²) in [5.74, 6) is -2.74. The van der Waals surface area contributed by atoms with Gasteiger partial charge >= 0.3 is 25.7 Å². The minimum absolute atomic E-state index is 0.0180. The standard InChI is InChI=1S/C83H139N8O19PS/c1-10-12-14-16-18-20-22-24-26-28-30-32-34-36-38-48-71(94)106-60-68(109-72(95)49-39-37-35-33-31-29-27-25-23-21-19-17-15-13-11-2)61-108-111(100,101)107-57-55-87-81(99)82(5,6)110-83(7,8)91-74-73(75(96)76(74)97)85-54-53-84-69(92)47-43-56-105-67-58-63(3)77(64(4)59-67)112(102,103)62-88-79(80(98)104-9)90-70(93)46-41-40-45-66-51-50-65-44-42-52-86-78(65)89-66/h50-51,58-59,68,79,85,88,91H,10-49,52-57,60-62H2,1-9H3,(H,84,92)(H,86,89)(H,87,99)(H,90,93)(H,100,101). The minimum atomic E-state index is -4.81. The van der Waals surface area contributed by atoms with Crippen LogP contribution in [-0.2, 0) is 84.0 Å². The average molecular weight is 1620 g/mol. The molecule has 27 nitrogen and oxygen atoms in total. The molecular formula is C83H139N8O19PS. The number of unbranched alkanes of at least 4 members (excludes halogenated alkanes) is 29. The van der Waals surface area contributed by atoms with Crippen molar-refractivity contribution < 1.29 is 79.4 Å². The van der Waals surface area contributed by atoms with E-state index in [4.69, 9.17) is 37.7 Å². The fourth-order valence-electron chi connectivity index (χ4n) is 13.6. The van der Waals surface area contributed by atoms with Crippen LogP contribution in [0.25, 0.3) is 0 Å². The molecule has 636 valence electrons. The van der Waals surface area contributed by atoms with Crippen molar-refractivity contribution >= 4 is 70.5 Å². The van der Waals surface area contributed by atoms with E-state index in [1.165, 1.54) is 168 Å². The second-order valence-corrected chi connectivity index (χ2v) is 34.2. The van der Waals surface area contributed by atoms with Crippen LogP contribution in [0, 0.1) is 13.8 Å². The first-order valence-electron chi connectivity index (χ1n) is 42.0. The molecule has 1 aliphatic rings. The molecule has 8 N–H and O–H groups in total. The molecule has 112 heavy (non-hydrogen) atoms. The van der Waals surface area contributed by atoms with E-state index in [1.54, 1.807) is 26.0 Å². The lowest BCUT2D eigenvalue weighted by Gasteiger charge is -2.36. The van der Waals surface area contributed by atoms with Crippen LogP contribution in [0.5, 0.6) is 5.75 Å². The number of benzene rings is 1. The highest BCUT2D eigenvalue weighted by Gasteiger charge is 2.38. The number of carbonyl (C=O) groups excluding carboxylic acids is 6. The largest absolute Gasteiger partial charge is 0.494 e. The third-order valence-electron chi connectivity index (χ3n) is 19.7. The lowest BCUT2D eigenvalue weighted by atomic mass is 10.0. The maximum atomic E-state index is 13.7. The fraction of sp³-hybridized carbons (Fsp3) is 0.747. The molecule has 29 heteroatoms. The number of anilines is 3. The van der Waals surface area contributed by atoms with Gasteiger partial charge in [0.2, 0.25) is 11.8 Å². The highest BCUT2D eigenvalue weighted by molar-refractivity contribution is 7.91. The van der Waals surface area contributed by atoms with Gasteiger partial charge in [-0.25, -0.2) is 22.8 Å². The van der Waals surface area contributed by atoms with Crippen molar-refractivity contribution in [2.24, 2.45) is 0 Å². The van der Waals surface area contributed by atoms with Crippen LogP contribution < -0.4 is 52.8 Å². The number of methoxy groups -OCH3 is 1. The Morgan fingerprint density at radius 2 is 1.14 bits per heavy atom. The number of rotatable bonds is 67. The van der Waals surface area contributed by atoms with Gasteiger partial charge in [0.05, 0.1) is 31.8 Å². The fourth-order valence-corrected chi connectivity index (χ4v) is 16.0. The van der Waals surface area contributed by atoms with E-state index in [1.807, 2.05) is 6.07 Å². The molecule has 2 heterocycles. The van der Waals surface area contributed by atoms with Crippen molar-refractivity contribution in [2.75, 3.05) is 81.5 Å². The molecule has 3 aromatic rings. The number of phosphoric acid groups is 1. The van der Waals surface area contributed by atoms with Crippen LogP contribution in [0.15, 0.2) is 38.8 Å². The third kappa shape index (κ3) is 41.1. The predicted molar refractivity (Wildman–Crippen MR) is 439 cm³/mol. The molecule has 0 fully saturated rings. The summed E-state index contributed by atoms with van der Waals surface area (Å²) < 4.78 is 78.9. The maximum Gasteiger partial charge on any atom is 0.472 e. The molecule has 3 amide bonds. The average Bonchev–Trinajstić information content (AvgIpc) is 0.386. The summed E-state index contributed by atoms with van der Waals surface area (Å²) in [6.45, 7) is 13.1. The van der Waals surface area contributed by atoms with Crippen molar-refractivity contribution in [1.82, 2.24) is 26.3 Å². The first-order valence-corrected chi connectivity index (χ1v) is 45.1. The monoisotopic (exact) mass is 1610 g/mol. The van der Waals surface area contributed by atoms with Crippen LogP contribution in [-0.4, -0.2) is 143 Å². The number of phosphoric ester groups is 1. The first-order chi connectivity index (χ1) is 53.6. The van der Waals surface area contributed by atoms with Gasteiger partial charge in [-0.05, 0) is 128 Å². The number of amides is 3. The molecule has 3 unspecified atom stereocenters. The van der Waals surface area contributed by atoms with Gasteiger partial charge in [-0.2, -0.15) is 0 Å². The van der Waals surface area contributed by atoms with Crippen LogP contribution in [0.4, 0.5) is 17.2 Å². The van der Waals surface area contributed by atoms with Gasteiger partial charge in [0, 0.05) is 57.6 Å². The van der Waals surface area contributed by atoms with Gasteiger partial charge in [-0.1, -0.05) is 200 Å². The number of hydrogen-bond acceptors (Lipinski definition) is 23. The smallest absolute Gasteiger partial charge is 0.472 e. The van der Waals surface area contributed by atoms with Crippen molar-refractivity contribution in [1.29, 1.82) is 0 Å². The summed E-state index contributed by atoms with van der Waals surface area (Å²) >= 11 is 0. The number of sulfone groups is 1. The van der Waals surface area contributed by atoms with Gasteiger partial charge in [0.1, 0.15) is 46.8 Å². The molecule has 0 bridgehead atoms. The van der Waals surface area contributed by atoms with Gasteiger partial charge in [-0.3, -0.25) is 47.9 Å².